The summed E-state index contributed by atoms with van der Waals surface area (Å²) in [5.41, 5.74) is 0. The summed E-state index contributed by atoms with van der Waals surface area (Å²) in [7, 11) is 3.63. The molecule has 19 heavy (non-hydrogen) atoms. The highest BCUT2D eigenvalue weighted by atomic mass is 35.5. The summed E-state index contributed by atoms with van der Waals surface area (Å²) in [5.74, 6) is 1.40. The van der Waals surface area contributed by atoms with Crippen molar-refractivity contribution in [2.75, 3.05) is 19.0 Å². The van der Waals surface area contributed by atoms with E-state index >= 15 is 0 Å². The maximum absolute atomic E-state index is 8.90. The third-order valence-corrected chi connectivity index (χ3v) is 2.37. The monoisotopic (exact) mass is 275 g/mol. The number of hydrogen-bond donors (Lipinski definition) is 0. The molecule has 2 rings (SSSR count). The quantitative estimate of drug-likeness (QED) is 0.800. The van der Waals surface area contributed by atoms with Gasteiger partial charge in [0.15, 0.2) is 0 Å². The lowest BCUT2D eigenvalue weighted by molar-refractivity contribution is 0.460. The maximum atomic E-state index is 8.90. The molecule has 0 radical (unpaired) electrons. The van der Waals surface area contributed by atoms with Gasteiger partial charge in [0.1, 0.15) is 22.8 Å². The molecule has 0 fully saturated rings. The van der Waals surface area contributed by atoms with Gasteiger partial charge < -0.3 is 9.64 Å². The minimum atomic E-state index is 0.0429. The van der Waals surface area contributed by atoms with Crippen LogP contribution in [-0.4, -0.2) is 29.0 Å². The van der Waals surface area contributed by atoms with E-state index in [9.17, 15) is 0 Å². The normalized spacial score (nSPS) is 9.79. The highest BCUT2D eigenvalue weighted by molar-refractivity contribution is 6.29. The first-order valence-corrected chi connectivity index (χ1v) is 5.72. The first kappa shape index (κ1) is 13.1. The molecule has 96 valence electrons. The molecule has 2 aromatic rings. The van der Waals surface area contributed by atoms with Gasteiger partial charge in [-0.2, -0.15) is 10.2 Å². The fraction of sp³-hybridized carbons (Fsp3) is 0.167. The highest BCUT2D eigenvalue weighted by Gasteiger charge is 2.08. The Morgan fingerprint density at radius 3 is 2.74 bits per heavy atom. The van der Waals surface area contributed by atoms with Crippen LogP contribution in [0.5, 0.6) is 11.6 Å². The van der Waals surface area contributed by atoms with Crippen molar-refractivity contribution in [1.82, 2.24) is 15.0 Å². The minimum Gasteiger partial charge on any atom is -0.439 e. The topological polar surface area (TPSA) is 74.9 Å². The summed E-state index contributed by atoms with van der Waals surface area (Å²) in [5, 5.41) is 9.22. The molecule has 7 heteroatoms. The molecule has 0 saturated carbocycles. The molecule has 6 nitrogen and oxygen atoms in total. The second kappa shape index (κ2) is 5.50. The molecule has 0 aliphatic carbocycles. The Morgan fingerprint density at radius 1 is 1.32 bits per heavy atom. The summed E-state index contributed by atoms with van der Waals surface area (Å²) < 4.78 is 5.54. The predicted molar refractivity (Wildman–Crippen MR) is 70.4 cm³/mol. The molecule has 0 amide bonds. The molecular weight excluding hydrogens is 266 g/mol. The van der Waals surface area contributed by atoms with Gasteiger partial charge in [-0.1, -0.05) is 11.6 Å². The number of hydrogen-bond acceptors (Lipinski definition) is 6. The second-order valence-electron chi connectivity index (χ2n) is 3.81. The molecule has 0 aromatic carbocycles. The van der Waals surface area contributed by atoms with Crippen molar-refractivity contribution >= 4 is 17.4 Å². The van der Waals surface area contributed by atoms with Crippen molar-refractivity contribution in [3.8, 4) is 17.7 Å². The van der Waals surface area contributed by atoms with Crippen LogP contribution in [0.3, 0.4) is 0 Å². The third-order valence-electron chi connectivity index (χ3n) is 2.17. The fourth-order valence-electron chi connectivity index (χ4n) is 1.31. The van der Waals surface area contributed by atoms with E-state index < -0.39 is 0 Å². The number of nitrogens with zero attached hydrogens (tertiary/aromatic N) is 5. The smallest absolute Gasteiger partial charge is 0.237 e. The van der Waals surface area contributed by atoms with Gasteiger partial charge >= 0.3 is 0 Å². The average Bonchev–Trinajstić information content (AvgIpc) is 2.38. The molecule has 0 unspecified atom stereocenters. The van der Waals surface area contributed by atoms with Gasteiger partial charge in [0.25, 0.3) is 0 Å². The van der Waals surface area contributed by atoms with Gasteiger partial charge in [0.05, 0.1) is 0 Å². The summed E-state index contributed by atoms with van der Waals surface area (Å²) in [6.45, 7) is 0. The Hall–Kier alpha value is -2.39. The SMILES string of the molecule is CN(C)c1cc(Oc2ccnc(Cl)c2)nc(C#N)n1. The Morgan fingerprint density at radius 2 is 2.11 bits per heavy atom. The van der Waals surface area contributed by atoms with Crippen molar-refractivity contribution in [2.45, 2.75) is 0 Å². The number of rotatable bonds is 3. The number of pyridine rings is 1. The molecule has 0 N–H and O–H groups in total. The van der Waals surface area contributed by atoms with Gasteiger partial charge in [0, 0.05) is 32.4 Å². The molecule has 2 heterocycles. The standard InChI is InChI=1S/C12H10ClN5O/c1-18(2)11-6-12(17-10(7-14)16-11)19-8-3-4-15-9(13)5-8/h3-6H,1-2H3. The van der Waals surface area contributed by atoms with Crippen LogP contribution in [-0.2, 0) is 0 Å². The zero-order valence-corrected chi connectivity index (χ0v) is 11.1. The van der Waals surface area contributed by atoms with E-state index in [1.54, 1.807) is 23.1 Å². The molecular formula is C12H10ClN5O. The Bertz CT molecular complexity index is 638. The highest BCUT2D eigenvalue weighted by Crippen LogP contribution is 2.23. The van der Waals surface area contributed by atoms with Gasteiger partial charge in [-0.15, -0.1) is 0 Å². The molecule has 0 aliphatic rings. The number of ether oxygens (including phenoxy) is 1. The van der Waals surface area contributed by atoms with E-state index in [0.29, 0.717) is 16.7 Å². The minimum absolute atomic E-state index is 0.0429. The van der Waals surface area contributed by atoms with Crippen LogP contribution in [0.25, 0.3) is 0 Å². The van der Waals surface area contributed by atoms with E-state index in [1.165, 1.54) is 6.20 Å². The Labute approximate surface area is 115 Å². The van der Waals surface area contributed by atoms with Gasteiger partial charge in [-0.05, 0) is 6.07 Å². The van der Waals surface area contributed by atoms with E-state index in [0.717, 1.165) is 0 Å². The van der Waals surface area contributed by atoms with Crippen LogP contribution in [0, 0.1) is 11.3 Å². The van der Waals surface area contributed by atoms with Crippen molar-refractivity contribution < 1.29 is 4.74 Å². The molecule has 0 aliphatic heterocycles. The zero-order chi connectivity index (χ0) is 13.8. The number of halogens is 1. The van der Waals surface area contributed by atoms with Crippen molar-refractivity contribution in [3.05, 3.63) is 35.4 Å². The van der Waals surface area contributed by atoms with Crippen molar-refractivity contribution in [3.63, 3.8) is 0 Å². The predicted octanol–water partition coefficient (Wildman–Crippen LogP) is 2.25. The summed E-state index contributed by atoms with van der Waals surface area (Å²) in [6, 6.07) is 6.74. The fourth-order valence-corrected chi connectivity index (χ4v) is 1.48. The maximum Gasteiger partial charge on any atom is 0.237 e. The lowest BCUT2D eigenvalue weighted by Crippen LogP contribution is -2.12. The third kappa shape index (κ3) is 3.30. The number of nitriles is 1. The summed E-state index contributed by atoms with van der Waals surface area (Å²) in [4.78, 5) is 13.6. The van der Waals surface area contributed by atoms with Crippen LogP contribution in [0.15, 0.2) is 24.4 Å². The molecule has 0 saturated heterocycles. The van der Waals surface area contributed by atoms with E-state index in [2.05, 4.69) is 15.0 Å². The largest absolute Gasteiger partial charge is 0.439 e. The molecule has 0 atom stereocenters. The summed E-state index contributed by atoms with van der Waals surface area (Å²) >= 11 is 5.77. The van der Waals surface area contributed by atoms with Crippen LogP contribution >= 0.6 is 11.6 Å². The molecule has 0 bridgehead atoms. The number of anilines is 1. The molecule has 0 spiro atoms. The Kier molecular flexibility index (Phi) is 3.78. The van der Waals surface area contributed by atoms with E-state index in [1.807, 2.05) is 20.2 Å². The van der Waals surface area contributed by atoms with Gasteiger partial charge in [-0.3, -0.25) is 0 Å². The second-order valence-corrected chi connectivity index (χ2v) is 4.20. The molecule has 2 aromatic heterocycles. The van der Waals surface area contributed by atoms with Crippen molar-refractivity contribution in [1.29, 1.82) is 5.26 Å². The van der Waals surface area contributed by atoms with Gasteiger partial charge in [0.2, 0.25) is 11.7 Å². The van der Waals surface area contributed by atoms with Crippen LogP contribution in [0.1, 0.15) is 5.82 Å². The average molecular weight is 276 g/mol. The summed E-state index contributed by atoms with van der Waals surface area (Å²) in [6.07, 6.45) is 1.52. The van der Waals surface area contributed by atoms with E-state index in [-0.39, 0.29) is 11.7 Å². The van der Waals surface area contributed by atoms with Crippen LogP contribution < -0.4 is 9.64 Å². The van der Waals surface area contributed by atoms with Gasteiger partial charge in [-0.25, -0.2) is 9.97 Å². The van der Waals surface area contributed by atoms with E-state index in [4.69, 9.17) is 21.6 Å². The number of aromatic nitrogens is 3. The van der Waals surface area contributed by atoms with Crippen LogP contribution in [0.4, 0.5) is 5.82 Å². The van der Waals surface area contributed by atoms with Crippen molar-refractivity contribution in [2.24, 2.45) is 0 Å². The first-order chi connectivity index (χ1) is 9.08. The lowest BCUT2D eigenvalue weighted by atomic mass is 10.4. The van der Waals surface area contributed by atoms with Crippen LogP contribution in [0.2, 0.25) is 5.15 Å². The zero-order valence-electron chi connectivity index (χ0n) is 10.3. The lowest BCUT2D eigenvalue weighted by Gasteiger charge is -2.12. The first-order valence-electron chi connectivity index (χ1n) is 5.34. The Balaban J connectivity index is 2.34.